The van der Waals surface area contributed by atoms with Gasteiger partial charge in [0, 0.05) is 17.1 Å². The molecular weight excluding hydrogens is 416 g/mol. The first-order chi connectivity index (χ1) is 14.8. The normalized spacial score (nSPS) is 18.1. The van der Waals surface area contributed by atoms with Gasteiger partial charge in [0.2, 0.25) is 0 Å². The van der Waals surface area contributed by atoms with E-state index < -0.39 is 17.7 Å². The number of aliphatic hydroxyl groups is 1. The van der Waals surface area contributed by atoms with Gasteiger partial charge in [-0.15, -0.1) is 0 Å². The van der Waals surface area contributed by atoms with Crippen LogP contribution in [0.2, 0.25) is 5.02 Å². The quantitative estimate of drug-likeness (QED) is 0.378. The summed E-state index contributed by atoms with van der Waals surface area (Å²) < 4.78 is 5.61. The monoisotopic (exact) mass is 442 g/mol. The van der Waals surface area contributed by atoms with Crippen LogP contribution >= 0.6 is 11.6 Å². The van der Waals surface area contributed by atoms with Crippen molar-refractivity contribution in [3.05, 3.63) is 70.3 Å². The number of halogens is 1. The average Bonchev–Trinajstić information content (AvgIpc) is 2.98. The number of ether oxygens (including phenoxy) is 1. The molecule has 0 radical (unpaired) electrons. The molecule has 1 fully saturated rings. The van der Waals surface area contributed by atoms with Gasteiger partial charge in [-0.2, -0.15) is 0 Å². The van der Waals surface area contributed by atoms with E-state index in [0.717, 1.165) is 6.54 Å². The highest BCUT2D eigenvalue weighted by molar-refractivity contribution is 6.46. The summed E-state index contributed by atoms with van der Waals surface area (Å²) in [5.41, 5.74) is 1.16. The van der Waals surface area contributed by atoms with Crippen molar-refractivity contribution in [1.82, 2.24) is 9.80 Å². The topological polar surface area (TPSA) is 70.1 Å². The summed E-state index contributed by atoms with van der Waals surface area (Å²) in [6.07, 6.45) is 0.693. The smallest absolute Gasteiger partial charge is 0.295 e. The van der Waals surface area contributed by atoms with Crippen LogP contribution in [0.3, 0.4) is 0 Å². The molecule has 1 saturated heterocycles. The van der Waals surface area contributed by atoms with Crippen LogP contribution in [-0.4, -0.2) is 60.4 Å². The second-order valence-corrected chi connectivity index (χ2v) is 8.10. The Kier molecular flexibility index (Phi) is 7.36. The molecule has 164 valence electrons. The number of benzene rings is 2. The molecule has 6 nitrogen and oxygen atoms in total. The van der Waals surface area contributed by atoms with Gasteiger partial charge in [-0.3, -0.25) is 9.59 Å². The Balaban J connectivity index is 2.11. The first-order valence-corrected chi connectivity index (χ1v) is 10.6. The minimum atomic E-state index is -0.707. The van der Waals surface area contributed by atoms with Gasteiger partial charge in [0.15, 0.2) is 0 Å². The van der Waals surface area contributed by atoms with Crippen LogP contribution in [-0.2, 0) is 9.59 Å². The molecule has 1 atom stereocenters. The predicted molar refractivity (Wildman–Crippen MR) is 121 cm³/mol. The Morgan fingerprint density at radius 1 is 1.16 bits per heavy atom. The van der Waals surface area contributed by atoms with E-state index in [4.69, 9.17) is 16.3 Å². The van der Waals surface area contributed by atoms with Crippen molar-refractivity contribution in [2.45, 2.75) is 19.4 Å². The third-order valence-corrected chi connectivity index (χ3v) is 5.36. The van der Waals surface area contributed by atoms with Gasteiger partial charge in [-0.1, -0.05) is 35.9 Å². The largest absolute Gasteiger partial charge is 0.507 e. The average molecular weight is 443 g/mol. The third kappa shape index (κ3) is 5.09. The highest BCUT2D eigenvalue weighted by atomic mass is 35.5. The predicted octanol–water partition coefficient (Wildman–Crippen LogP) is 4.11. The Hall–Kier alpha value is -2.83. The van der Waals surface area contributed by atoms with E-state index in [1.165, 1.54) is 4.90 Å². The lowest BCUT2D eigenvalue weighted by molar-refractivity contribution is -0.139. The Bertz CT molecular complexity index is 1000. The zero-order chi connectivity index (χ0) is 22.5. The number of carbonyl (C=O) groups excluding carboxylic acids is 2. The first-order valence-electron chi connectivity index (χ1n) is 10.2. The van der Waals surface area contributed by atoms with Gasteiger partial charge in [-0.05, 0) is 63.8 Å². The van der Waals surface area contributed by atoms with Crippen LogP contribution in [0.4, 0.5) is 0 Å². The number of carbonyl (C=O) groups is 2. The van der Waals surface area contributed by atoms with E-state index in [1.807, 2.05) is 50.2 Å². The standard InChI is InChI=1S/C24H27ClN2O4/c1-4-31-19-11-6-8-16(15-19)21-20(22(28)17-9-5-10-18(25)14-17)23(29)24(30)27(21)13-7-12-26(2)3/h5-6,8-11,14-15,21,28H,4,7,12-13H2,1-3H3/b22-20-. The molecule has 1 aliphatic heterocycles. The molecule has 2 aromatic rings. The molecule has 1 aliphatic rings. The third-order valence-electron chi connectivity index (χ3n) is 5.13. The SMILES string of the molecule is CCOc1cccc(C2/C(=C(/O)c3cccc(Cl)c3)C(=O)C(=O)N2CCCN(C)C)c1. The number of hydrogen-bond donors (Lipinski definition) is 1. The van der Waals surface area contributed by atoms with Crippen molar-refractivity contribution in [1.29, 1.82) is 0 Å². The van der Waals surface area contributed by atoms with Crippen LogP contribution < -0.4 is 4.74 Å². The molecule has 1 heterocycles. The van der Waals surface area contributed by atoms with Gasteiger partial charge in [0.25, 0.3) is 11.7 Å². The fraction of sp³-hybridized carbons (Fsp3) is 0.333. The summed E-state index contributed by atoms with van der Waals surface area (Å²) >= 11 is 6.08. The fourth-order valence-electron chi connectivity index (χ4n) is 3.75. The Morgan fingerprint density at radius 3 is 2.58 bits per heavy atom. The minimum Gasteiger partial charge on any atom is -0.507 e. The second kappa shape index (κ2) is 9.98. The molecule has 31 heavy (non-hydrogen) atoms. The van der Waals surface area contributed by atoms with Crippen molar-refractivity contribution < 1.29 is 19.4 Å². The summed E-state index contributed by atoms with van der Waals surface area (Å²) in [5, 5.41) is 11.5. The number of likely N-dealkylation sites (tertiary alicyclic amines) is 1. The van der Waals surface area contributed by atoms with E-state index in [-0.39, 0.29) is 11.3 Å². The lowest BCUT2D eigenvalue weighted by Crippen LogP contribution is -2.32. The summed E-state index contributed by atoms with van der Waals surface area (Å²) in [5.74, 6) is -0.910. The van der Waals surface area contributed by atoms with E-state index in [1.54, 1.807) is 24.3 Å². The molecule has 0 aliphatic carbocycles. The van der Waals surface area contributed by atoms with Crippen LogP contribution in [0.25, 0.3) is 5.76 Å². The molecular formula is C24H27ClN2O4. The number of hydrogen-bond acceptors (Lipinski definition) is 5. The lowest BCUT2D eigenvalue weighted by Gasteiger charge is -2.26. The molecule has 1 amide bonds. The maximum Gasteiger partial charge on any atom is 0.295 e. The van der Waals surface area contributed by atoms with Gasteiger partial charge in [-0.25, -0.2) is 0 Å². The highest BCUT2D eigenvalue weighted by Crippen LogP contribution is 2.40. The number of Topliss-reactive ketones (excluding diaryl/α,β-unsaturated/α-hetero) is 1. The molecule has 7 heteroatoms. The van der Waals surface area contributed by atoms with Gasteiger partial charge in [0.1, 0.15) is 11.5 Å². The summed E-state index contributed by atoms with van der Waals surface area (Å²) in [6.45, 7) is 3.54. The number of rotatable bonds is 8. The summed E-state index contributed by atoms with van der Waals surface area (Å²) in [6, 6.07) is 13.2. The molecule has 1 N–H and O–H groups in total. The maximum atomic E-state index is 13.0. The van der Waals surface area contributed by atoms with Crippen molar-refractivity contribution in [3.63, 3.8) is 0 Å². The van der Waals surface area contributed by atoms with Crippen molar-refractivity contribution in [2.75, 3.05) is 33.8 Å². The molecule has 1 unspecified atom stereocenters. The zero-order valence-electron chi connectivity index (χ0n) is 18.0. The zero-order valence-corrected chi connectivity index (χ0v) is 18.7. The molecule has 3 rings (SSSR count). The van der Waals surface area contributed by atoms with Crippen LogP contribution in [0.1, 0.15) is 30.5 Å². The van der Waals surface area contributed by atoms with E-state index >= 15 is 0 Å². The molecule has 2 aromatic carbocycles. The summed E-state index contributed by atoms with van der Waals surface area (Å²) in [7, 11) is 3.91. The molecule has 0 saturated carbocycles. The van der Waals surface area contributed by atoms with Crippen molar-refractivity contribution >= 4 is 29.1 Å². The first kappa shape index (κ1) is 22.8. The second-order valence-electron chi connectivity index (χ2n) is 7.67. The molecule has 0 aromatic heterocycles. The highest BCUT2D eigenvalue weighted by Gasteiger charge is 2.45. The maximum absolute atomic E-state index is 13.0. The Labute approximate surface area is 187 Å². The van der Waals surface area contributed by atoms with E-state index in [2.05, 4.69) is 0 Å². The number of amides is 1. The van der Waals surface area contributed by atoms with Crippen molar-refractivity contribution in [3.8, 4) is 5.75 Å². The summed E-state index contributed by atoms with van der Waals surface area (Å²) in [4.78, 5) is 29.5. The van der Waals surface area contributed by atoms with E-state index in [9.17, 15) is 14.7 Å². The Morgan fingerprint density at radius 2 is 1.90 bits per heavy atom. The van der Waals surface area contributed by atoms with Gasteiger partial charge >= 0.3 is 0 Å². The van der Waals surface area contributed by atoms with Crippen LogP contribution in [0, 0.1) is 0 Å². The number of nitrogens with zero attached hydrogens (tertiary/aromatic N) is 2. The molecule has 0 bridgehead atoms. The van der Waals surface area contributed by atoms with Gasteiger partial charge < -0.3 is 19.6 Å². The van der Waals surface area contributed by atoms with E-state index in [0.29, 0.717) is 41.5 Å². The molecule has 0 spiro atoms. The van der Waals surface area contributed by atoms with Gasteiger partial charge in [0.05, 0.1) is 18.2 Å². The van der Waals surface area contributed by atoms with Crippen molar-refractivity contribution in [2.24, 2.45) is 0 Å². The number of ketones is 1. The van der Waals surface area contributed by atoms with Crippen LogP contribution in [0.15, 0.2) is 54.1 Å². The fourth-order valence-corrected chi connectivity index (χ4v) is 3.94. The minimum absolute atomic E-state index is 0.0609. The lowest BCUT2D eigenvalue weighted by atomic mass is 9.95. The van der Waals surface area contributed by atoms with Crippen LogP contribution in [0.5, 0.6) is 5.75 Å². The number of aliphatic hydroxyl groups excluding tert-OH is 1.